The molecule has 0 aliphatic carbocycles. The summed E-state index contributed by atoms with van der Waals surface area (Å²) < 4.78 is 43.1. The molecule has 10 heteroatoms. The first-order valence-electron chi connectivity index (χ1n) is 7.49. The van der Waals surface area contributed by atoms with Crippen LogP contribution in [0.15, 0.2) is 51.8 Å². The van der Waals surface area contributed by atoms with Crippen molar-refractivity contribution in [3.63, 3.8) is 0 Å². The zero-order chi connectivity index (χ0) is 18.1. The van der Waals surface area contributed by atoms with Gasteiger partial charge in [-0.2, -0.15) is 0 Å². The molecule has 0 bridgehead atoms. The van der Waals surface area contributed by atoms with Gasteiger partial charge in [0, 0.05) is 6.07 Å². The maximum absolute atomic E-state index is 12.4. The minimum absolute atomic E-state index is 0.0487. The molecule has 0 fully saturated rings. The molecule has 2 heterocycles. The number of hydrogen-bond donors (Lipinski definition) is 1. The smallest absolute Gasteiger partial charge is 0.249 e. The van der Waals surface area contributed by atoms with E-state index in [0.717, 1.165) is 0 Å². The Morgan fingerprint density at radius 2 is 1.88 bits per heavy atom. The molecule has 4 rings (SSSR count). The molecule has 1 aliphatic heterocycles. The minimum Gasteiger partial charge on any atom is -0.454 e. The van der Waals surface area contributed by atoms with Crippen molar-refractivity contribution >= 4 is 21.6 Å². The molecule has 0 unspecified atom stereocenters. The minimum atomic E-state index is -3.78. The Balaban J connectivity index is 1.50. The van der Waals surface area contributed by atoms with Crippen LogP contribution in [0, 0.1) is 0 Å². The number of rotatable bonds is 5. The lowest BCUT2D eigenvalue weighted by molar-refractivity contribution is 0.174. The van der Waals surface area contributed by atoms with E-state index in [1.807, 2.05) is 0 Å². The zero-order valence-electron chi connectivity index (χ0n) is 13.2. The summed E-state index contributed by atoms with van der Waals surface area (Å²) in [5.41, 5.74) is 0.576. The average molecular weight is 394 g/mol. The standard InChI is InChI=1S/C16H12ClN3O5S/c17-12-4-2-1-3-11(12)16-20-19-15(25-16)8-18-26(21,22)10-5-6-13-14(7-10)24-9-23-13/h1-7,18H,8-9H2. The third-order valence-corrected chi connectivity index (χ3v) is 5.37. The summed E-state index contributed by atoms with van der Waals surface area (Å²) in [6.45, 7) is -0.0900. The molecular weight excluding hydrogens is 382 g/mol. The second kappa shape index (κ2) is 6.60. The van der Waals surface area contributed by atoms with E-state index in [1.54, 1.807) is 30.3 Å². The quantitative estimate of drug-likeness (QED) is 0.710. The van der Waals surface area contributed by atoms with Gasteiger partial charge in [-0.3, -0.25) is 0 Å². The number of halogens is 1. The van der Waals surface area contributed by atoms with Gasteiger partial charge in [0.25, 0.3) is 0 Å². The van der Waals surface area contributed by atoms with E-state index in [-0.39, 0.29) is 30.0 Å². The highest BCUT2D eigenvalue weighted by molar-refractivity contribution is 7.89. The summed E-state index contributed by atoms with van der Waals surface area (Å²) in [7, 11) is -3.78. The summed E-state index contributed by atoms with van der Waals surface area (Å²) in [4.78, 5) is 0.0487. The van der Waals surface area contributed by atoms with Crippen molar-refractivity contribution in [2.45, 2.75) is 11.4 Å². The van der Waals surface area contributed by atoms with Gasteiger partial charge in [-0.05, 0) is 24.3 Å². The third-order valence-electron chi connectivity index (χ3n) is 3.64. The van der Waals surface area contributed by atoms with Gasteiger partial charge in [-0.15, -0.1) is 10.2 Å². The SMILES string of the molecule is O=S(=O)(NCc1nnc(-c2ccccc2Cl)o1)c1ccc2c(c1)OCO2. The van der Waals surface area contributed by atoms with E-state index >= 15 is 0 Å². The Kier molecular flexibility index (Phi) is 4.27. The highest BCUT2D eigenvalue weighted by Gasteiger charge is 2.21. The molecule has 0 saturated heterocycles. The van der Waals surface area contributed by atoms with Crippen molar-refractivity contribution in [1.82, 2.24) is 14.9 Å². The molecule has 1 N–H and O–H groups in total. The molecule has 0 atom stereocenters. The fraction of sp³-hybridized carbons (Fsp3) is 0.125. The molecule has 0 amide bonds. The second-order valence-electron chi connectivity index (χ2n) is 5.32. The molecule has 2 aromatic carbocycles. The van der Waals surface area contributed by atoms with Gasteiger partial charge in [0.15, 0.2) is 11.5 Å². The molecule has 134 valence electrons. The summed E-state index contributed by atoms with van der Waals surface area (Å²) in [6, 6.07) is 11.4. The van der Waals surface area contributed by atoms with Crippen molar-refractivity contribution in [2.75, 3.05) is 6.79 Å². The van der Waals surface area contributed by atoms with Gasteiger partial charge < -0.3 is 13.9 Å². The van der Waals surface area contributed by atoms with E-state index in [2.05, 4.69) is 14.9 Å². The van der Waals surface area contributed by atoms with E-state index < -0.39 is 10.0 Å². The number of aromatic nitrogens is 2. The van der Waals surface area contributed by atoms with E-state index in [1.165, 1.54) is 12.1 Å². The molecule has 0 radical (unpaired) electrons. The zero-order valence-corrected chi connectivity index (χ0v) is 14.7. The van der Waals surface area contributed by atoms with Crippen LogP contribution in [0.4, 0.5) is 0 Å². The van der Waals surface area contributed by atoms with Crippen LogP contribution in [0.25, 0.3) is 11.5 Å². The number of hydrogen-bond acceptors (Lipinski definition) is 7. The van der Waals surface area contributed by atoms with E-state index in [9.17, 15) is 8.42 Å². The van der Waals surface area contributed by atoms with Crippen LogP contribution < -0.4 is 14.2 Å². The number of nitrogens with one attached hydrogen (secondary N) is 1. The Morgan fingerprint density at radius 1 is 1.08 bits per heavy atom. The number of fused-ring (bicyclic) bond motifs is 1. The summed E-state index contributed by atoms with van der Waals surface area (Å²) in [6.07, 6.45) is 0. The molecule has 0 spiro atoms. The van der Waals surface area contributed by atoms with Crippen LogP contribution in [0.5, 0.6) is 11.5 Å². The van der Waals surface area contributed by atoms with Crippen molar-refractivity contribution in [3.8, 4) is 23.0 Å². The van der Waals surface area contributed by atoms with Gasteiger partial charge in [-0.1, -0.05) is 23.7 Å². The molecule has 26 heavy (non-hydrogen) atoms. The van der Waals surface area contributed by atoms with Crippen molar-refractivity contribution in [2.24, 2.45) is 0 Å². The van der Waals surface area contributed by atoms with Crippen LogP contribution in [0.3, 0.4) is 0 Å². The highest BCUT2D eigenvalue weighted by atomic mass is 35.5. The van der Waals surface area contributed by atoms with Gasteiger partial charge in [-0.25, -0.2) is 13.1 Å². The van der Waals surface area contributed by atoms with Crippen molar-refractivity contribution in [1.29, 1.82) is 0 Å². The van der Waals surface area contributed by atoms with Crippen LogP contribution in [0.1, 0.15) is 5.89 Å². The maximum Gasteiger partial charge on any atom is 0.249 e. The second-order valence-corrected chi connectivity index (χ2v) is 7.49. The van der Waals surface area contributed by atoms with E-state index in [4.69, 9.17) is 25.5 Å². The summed E-state index contributed by atoms with van der Waals surface area (Å²) in [5, 5.41) is 8.20. The van der Waals surface area contributed by atoms with Crippen molar-refractivity contribution < 1.29 is 22.3 Å². The topological polar surface area (TPSA) is 104 Å². The predicted molar refractivity (Wildman–Crippen MR) is 91.3 cm³/mol. The molecule has 3 aromatic rings. The number of benzene rings is 2. The Bertz CT molecular complexity index is 1070. The van der Waals surface area contributed by atoms with Gasteiger partial charge in [0.1, 0.15) is 0 Å². The lowest BCUT2D eigenvalue weighted by Gasteiger charge is -2.05. The van der Waals surface area contributed by atoms with Crippen LogP contribution in [0.2, 0.25) is 5.02 Å². The largest absolute Gasteiger partial charge is 0.454 e. The molecule has 1 aliphatic rings. The van der Waals surface area contributed by atoms with Crippen LogP contribution in [-0.4, -0.2) is 25.4 Å². The Hall–Kier alpha value is -2.62. The molecule has 1 aromatic heterocycles. The maximum atomic E-state index is 12.4. The molecule has 8 nitrogen and oxygen atoms in total. The van der Waals surface area contributed by atoms with Gasteiger partial charge in [0.05, 0.1) is 22.0 Å². The fourth-order valence-corrected chi connectivity index (χ4v) is 3.56. The predicted octanol–water partition coefficient (Wildman–Crippen LogP) is 2.60. The fourth-order valence-electron chi connectivity index (χ4n) is 2.35. The first-order chi connectivity index (χ1) is 12.5. The average Bonchev–Trinajstić information content (AvgIpc) is 3.29. The summed E-state index contributed by atoms with van der Waals surface area (Å²) in [5.74, 6) is 1.22. The normalized spacial score (nSPS) is 13.1. The van der Waals surface area contributed by atoms with E-state index in [0.29, 0.717) is 22.1 Å². The number of nitrogens with zero attached hydrogens (tertiary/aromatic N) is 2. The summed E-state index contributed by atoms with van der Waals surface area (Å²) >= 11 is 6.08. The first-order valence-corrected chi connectivity index (χ1v) is 9.36. The Labute approximate surface area is 153 Å². The highest BCUT2D eigenvalue weighted by Crippen LogP contribution is 2.33. The number of ether oxygens (including phenoxy) is 2. The number of sulfonamides is 1. The lowest BCUT2D eigenvalue weighted by atomic mass is 10.2. The molecular formula is C16H12ClN3O5S. The third kappa shape index (κ3) is 3.24. The van der Waals surface area contributed by atoms with Gasteiger partial charge in [0.2, 0.25) is 28.6 Å². The molecule has 0 saturated carbocycles. The van der Waals surface area contributed by atoms with Crippen molar-refractivity contribution in [3.05, 3.63) is 53.4 Å². The first kappa shape index (κ1) is 16.8. The Morgan fingerprint density at radius 3 is 2.73 bits per heavy atom. The van der Waals surface area contributed by atoms with Crippen LogP contribution in [-0.2, 0) is 16.6 Å². The monoisotopic (exact) mass is 393 g/mol. The van der Waals surface area contributed by atoms with Crippen LogP contribution >= 0.6 is 11.6 Å². The lowest BCUT2D eigenvalue weighted by Crippen LogP contribution is -2.23. The van der Waals surface area contributed by atoms with Gasteiger partial charge >= 0.3 is 0 Å².